The van der Waals surface area contributed by atoms with Crippen LogP contribution in [0.3, 0.4) is 0 Å². The summed E-state index contributed by atoms with van der Waals surface area (Å²) in [6, 6.07) is 1.85. The molecule has 0 atom stereocenters. The van der Waals surface area contributed by atoms with Crippen LogP contribution in [0.15, 0.2) is 18.2 Å². The van der Waals surface area contributed by atoms with Crippen molar-refractivity contribution in [1.82, 2.24) is 0 Å². The van der Waals surface area contributed by atoms with Crippen molar-refractivity contribution in [1.29, 1.82) is 0 Å². The van der Waals surface area contributed by atoms with Crippen LogP contribution in [0.25, 0.3) is 0 Å². The van der Waals surface area contributed by atoms with E-state index in [1.807, 2.05) is 0 Å². The van der Waals surface area contributed by atoms with Gasteiger partial charge < -0.3 is 4.74 Å². The van der Waals surface area contributed by atoms with Gasteiger partial charge in [0.15, 0.2) is 0 Å². The van der Waals surface area contributed by atoms with Gasteiger partial charge in [-0.05, 0) is 45.7 Å². The van der Waals surface area contributed by atoms with E-state index in [-0.39, 0.29) is 11.7 Å². The predicted molar refractivity (Wildman–Crippen MR) is 93.7 cm³/mol. The first kappa shape index (κ1) is 21.0. The molecule has 0 heterocycles. The quantitative estimate of drug-likeness (QED) is 0.493. The Bertz CT molecular complexity index is 708. The highest BCUT2D eigenvalue weighted by molar-refractivity contribution is 5.91. The summed E-state index contributed by atoms with van der Waals surface area (Å²) in [4.78, 5) is 24.5. The molecule has 9 heteroatoms. The zero-order chi connectivity index (χ0) is 20.4. The number of rotatable bonds is 3. The number of amides is 1. The fourth-order valence-electron chi connectivity index (χ4n) is 3.14. The van der Waals surface area contributed by atoms with Gasteiger partial charge in [0.25, 0.3) is 5.69 Å². The van der Waals surface area contributed by atoms with Gasteiger partial charge in [-0.3, -0.25) is 15.0 Å². The molecular weight excluding hydrogens is 365 g/mol. The van der Waals surface area contributed by atoms with Crippen LogP contribution < -0.4 is 4.90 Å². The van der Waals surface area contributed by atoms with Crippen LogP contribution in [-0.2, 0) is 10.9 Å². The zero-order valence-corrected chi connectivity index (χ0v) is 15.5. The number of nitro groups is 1. The second kappa shape index (κ2) is 7.74. The molecule has 150 valence electrons. The number of nitrogens with zero attached hydrogens (tertiary/aromatic N) is 2. The van der Waals surface area contributed by atoms with Crippen LogP contribution in [-0.4, -0.2) is 22.7 Å². The van der Waals surface area contributed by atoms with Crippen LogP contribution in [0.5, 0.6) is 0 Å². The summed E-state index contributed by atoms with van der Waals surface area (Å²) in [6.07, 6.45) is -1.65. The fraction of sp³-hybridized carbons (Fsp3) is 0.611. The number of nitro benzene ring substituents is 1. The normalized spacial score (nSPS) is 16.1. The van der Waals surface area contributed by atoms with E-state index >= 15 is 0 Å². The SMILES string of the molecule is CC(C)(C)OC(=O)N(c1ccc(C(F)(F)F)cc1[N+](=O)[O-])C1CCCCC1. The molecule has 1 saturated carbocycles. The molecule has 1 aromatic carbocycles. The van der Waals surface area contributed by atoms with E-state index in [0.29, 0.717) is 18.9 Å². The average molecular weight is 388 g/mol. The van der Waals surface area contributed by atoms with Crippen molar-refractivity contribution in [2.24, 2.45) is 0 Å². The van der Waals surface area contributed by atoms with E-state index in [2.05, 4.69) is 0 Å². The third-order valence-corrected chi connectivity index (χ3v) is 4.29. The lowest BCUT2D eigenvalue weighted by molar-refractivity contribution is -0.384. The van der Waals surface area contributed by atoms with Gasteiger partial charge in [0.05, 0.1) is 10.5 Å². The van der Waals surface area contributed by atoms with E-state index in [1.54, 1.807) is 20.8 Å². The van der Waals surface area contributed by atoms with Gasteiger partial charge in [-0.15, -0.1) is 0 Å². The fourth-order valence-corrected chi connectivity index (χ4v) is 3.14. The molecule has 0 N–H and O–H groups in total. The van der Waals surface area contributed by atoms with Gasteiger partial charge in [-0.25, -0.2) is 4.79 Å². The molecule has 0 spiro atoms. The molecule has 1 aromatic rings. The van der Waals surface area contributed by atoms with Crippen molar-refractivity contribution in [3.63, 3.8) is 0 Å². The number of alkyl halides is 3. The third-order valence-electron chi connectivity index (χ3n) is 4.29. The molecule has 27 heavy (non-hydrogen) atoms. The summed E-state index contributed by atoms with van der Waals surface area (Å²) in [5.41, 5.74) is -2.91. The molecule has 0 aromatic heterocycles. The Labute approximate surface area is 155 Å². The number of anilines is 1. The third kappa shape index (κ3) is 5.33. The minimum Gasteiger partial charge on any atom is -0.443 e. The summed E-state index contributed by atoms with van der Waals surface area (Å²) < 4.78 is 44.3. The van der Waals surface area contributed by atoms with Crippen LogP contribution in [0, 0.1) is 10.1 Å². The van der Waals surface area contributed by atoms with Gasteiger partial charge in [0.1, 0.15) is 11.3 Å². The monoisotopic (exact) mass is 388 g/mol. The maximum Gasteiger partial charge on any atom is 0.416 e. The molecule has 0 radical (unpaired) electrons. The minimum atomic E-state index is -4.72. The highest BCUT2D eigenvalue weighted by atomic mass is 19.4. The number of ether oxygens (including phenoxy) is 1. The topological polar surface area (TPSA) is 72.7 Å². The molecule has 0 saturated heterocycles. The van der Waals surface area contributed by atoms with E-state index in [4.69, 9.17) is 4.74 Å². The van der Waals surface area contributed by atoms with Gasteiger partial charge in [0.2, 0.25) is 0 Å². The number of hydrogen-bond donors (Lipinski definition) is 0. The molecule has 1 fully saturated rings. The number of halogens is 3. The van der Waals surface area contributed by atoms with Crippen molar-refractivity contribution in [3.8, 4) is 0 Å². The summed E-state index contributed by atoms with van der Waals surface area (Å²) in [6.45, 7) is 4.97. The Morgan fingerprint density at radius 1 is 1.19 bits per heavy atom. The second-order valence-electron chi connectivity index (χ2n) is 7.60. The lowest BCUT2D eigenvalue weighted by atomic mass is 9.93. The zero-order valence-electron chi connectivity index (χ0n) is 15.5. The van der Waals surface area contributed by atoms with Crippen molar-refractivity contribution in [3.05, 3.63) is 33.9 Å². The maximum atomic E-state index is 13.0. The minimum absolute atomic E-state index is 0.172. The first-order chi connectivity index (χ1) is 12.4. The molecule has 0 unspecified atom stereocenters. The van der Waals surface area contributed by atoms with Gasteiger partial charge >= 0.3 is 12.3 Å². The van der Waals surface area contributed by atoms with Crippen LogP contribution in [0.2, 0.25) is 0 Å². The van der Waals surface area contributed by atoms with E-state index in [1.165, 1.54) is 0 Å². The molecular formula is C18H23F3N2O4. The van der Waals surface area contributed by atoms with Gasteiger partial charge in [0, 0.05) is 12.1 Å². The highest BCUT2D eigenvalue weighted by Crippen LogP contribution is 2.39. The molecule has 6 nitrogen and oxygen atoms in total. The Morgan fingerprint density at radius 3 is 2.26 bits per heavy atom. The van der Waals surface area contributed by atoms with Crippen molar-refractivity contribution >= 4 is 17.5 Å². The van der Waals surface area contributed by atoms with Crippen LogP contribution in [0.4, 0.5) is 29.3 Å². The van der Waals surface area contributed by atoms with Crippen LogP contribution in [0.1, 0.15) is 58.4 Å². The summed E-state index contributed by atoms with van der Waals surface area (Å²) in [7, 11) is 0. The molecule has 1 aliphatic rings. The summed E-state index contributed by atoms with van der Waals surface area (Å²) in [5.74, 6) is 0. The number of hydrogen-bond acceptors (Lipinski definition) is 4. The van der Waals surface area contributed by atoms with Gasteiger partial charge in [-0.1, -0.05) is 19.3 Å². The predicted octanol–water partition coefficient (Wildman–Crippen LogP) is 5.69. The van der Waals surface area contributed by atoms with Crippen molar-refractivity contribution in [2.45, 2.75) is 70.7 Å². The lowest BCUT2D eigenvalue weighted by Crippen LogP contribution is -2.44. The average Bonchev–Trinajstić information content (AvgIpc) is 2.53. The Hall–Kier alpha value is -2.32. The molecule has 0 aliphatic heterocycles. The first-order valence-electron chi connectivity index (χ1n) is 8.78. The van der Waals surface area contributed by atoms with E-state index in [0.717, 1.165) is 36.3 Å². The Balaban J connectivity index is 2.53. The van der Waals surface area contributed by atoms with Gasteiger partial charge in [-0.2, -0.15) is 13.2 Å². The maximum absolute atomic E-state index is 13.0. The Morgan fingerprint density at radius 2 is 1.78 bits per heavy atom. The largest absolute Gasteiger partial charge is 0.443 e. The molecule has 0 bridgehead atoms. The van der Waals surface area contributed by atoms with E-state index in [9.17, 15) is 28.1 Å². The standard InChI is InChI=1S/C18H23F3N2O4/c1-17(2,3)27-16(24)22(13-7-5-4-6-8-13)14-10-9-12(18(19,20)21)11-15(14)23(25)26/h9-11,13H,4-8H2,1-3H3. The van der Waals surface area contributed by atoms with Crippen molar-refractivity contribution in [2.75, 3.05) is 4.90 Å². The lowest BCUT2D eigenvalue weighted by Gasteiger charge is -2.35. The smallest absolute Gasteiger partial charge is 0.416 e. The highest BCUT2D eigenvalue weighted by Gasteiger charge is 2.38. The summed E-state index contributed by atoms with van der Waals surface area (Å²) in [5, 5.41) is 11.5. The molecule has 1 aliphatic carbocycles. The number of carbonyl (C=O) groups is 1. The number of carbonyl (C=O) groups excluding carboxylic acids is 1. The molecule has 1 amide bonds. The van der Waals surface area contributed by atoms with Crippen molar-refractivity contribution < 1.29 is 27.6 Å². The first-order valence-corrected chi connectivity index (χ1v) is 8.78. The number of benzene rings is 1. The van der Waals surface area contributed by atoms with E-state index < -0.39 is 34.0 Å². The summed E-state index contributed by atoms with van der Waals surface area (Å²) >= 11 is 0. The van der Waals surface area contributed by atoms with Crippen LogP contribution >= 0.6 is 0 Å². The molecule has 2 rings (SSSR count). The second-order valence-corrected chi connectivity index (χ2v) is 7.60. The Kier molecular flexibility index (Phi) is 6.01.